The Balaban J connectivity index is 1.40. The van der Waals surface area contributed by atoms with Crippen LogP contribution in [-0.2, 0) is 11.2 Å². The lowest BCUT2D eigenvalue weighted by molar-refractivity contribution is -0.121. The Kier molecular flexibility index (Phi) is 5.75. The van der Waals surface area contributed by atoms with Gasteiger partial charge in [0.05, 0.1) is 0 Å². The lowest BCUT2D eigenvalue weighted by atomic mass is 10.1. The van der Waals surface area contributed by atoms with E-state index in [0.717, 1.165) is 31.6 Å². The highest BCUT2D eigenvalue weighted by Crippen LogP contribution is 2.18. The van der Waals surface area contributed by atoms with Gasteiger partial charge in [-0.1, -0.05) is 5.16 Å². The number of carbonyl (C=O) groups excluding carboxylic acids is 1. The molecule has 1 atom stereocenters. The van der Waals surface area contributed by atoms with Gasteiger partial charge in [0.15, 0.2) is 0 Å². The number of pyridine rings is 1. The molecule has 2 aromatic rings. The smallest absolute Gasteiger partial charge is 0.227 e. The van der Waals surface area contributed by atoms with E-state index < -0.39 is 0 Å². The van der Waals surface area contributed by atoms with Gasteiger partial charge in [-0.05, 0) is 44.9 Å². The number of amides is 1. The Hall–Kier alpha value is -2.28. The number of carbonyl (C=O) groups is 1. The van der Waals surface area contributed by atoms with Crippen LogP contribution >= 0.6 is 0 Å². The van der Waals surface area contributed by atoms with E-state index in [9.17, 15) is 4.79 Å². The van der Waals surface area contributed by atoms with Gasteiger partial charge < -0.3 is 14.7 Å². The molecule has 7 heteroatoms. The zero-order valence-corrected chi connectivity index (χ0v) is 14.8. The maximum absolute atomic E-state index is 12.0. The summed E-state index contributed by atoms with van der Waals surface area (Å²) in [6, 6.07) is 4.27. The standard InChI is InChI=1S/C18H25N5O2/c1-13(2)23-9-7-14(12-23)10-20-16(24)5-6-17-21-18(22-25-17)15-4-3-8-19-11-15/h3-4,8,11,13-14H,5-7,9-10,12H2,1-2H3,(H,20,24). The van der Waals surface area contributed by atoms with Gasteiger partial charge >= 0.3 is 0 Å². The first-order valence-electron chi connectivity index (χ1n) is 8.85. The van der Waals surface area contributed by atoms with Gasteiger partial charge in [0.1, 0.15) is 0 Å². The second-order valence-electron chi connectivity index (χ2n) is 6.80. The Morgan fingerprint density at radius 2 is 2.36 bits per heavy atom. The van der Waals surface area contributed by atoms with Crippen LogP contribution in [0, 0.1) is 5.92 Å². The molecule has 1 fully saturated rings. The summed E-state index contributed by atoms with van der Waals surface area (Å²) in [4.78, 5) is 22.8. The van der Waals surface area contributed by atoms with Crippen molar-refractivity contribution in [3.05, 3.63) is 30.4 Å². The van der Waals surface area contributed by atoms with Crippen molar-refractivity contribution in [3.8, 4) is 11.4 Å². The number of nitrogens with zero attached hydrogens (tertiary/aromatic N) is 4. The summed E-state index contributed by atoms with van der Waals surface area (Å²) in [7, 11) is 0. The predicted octanol–water partition coefficient (Wildman–Crippen LogP) is 1.91. The molecule has 3 rings (SSSR count). The first-order chi connectivity index (χ1) is 12.1. The molecule has 3 heterocycles. The van der Waals surface area contributed by atoms with Gasteiger partial charge in [0, 0.05) is 49.9 Å². The Labute approximate surface area is 147 Å². The third-order valence-electron chi connectivity index (χ3n) is 4.59. The van der Waals surface area contributed by atoms with E-state index in [1.807, 2.05) is 12.1 Å². The molecule has 0 bridgehead atoms. The molecule has 7 nitrogen and oxygen atoms in total. The second kappa shape index (κ2) is 8.20. The third-order valence-corrected chi connectivity index (χ3v) is 4.59. The minimum Gasteiger partial charge on any atom is -0.356 e. The third kappa shape index (κ3) is 4.85. The molecule has 25 heavy (non-hydrogen) atoms. The van der Waals surface area contributed by atoms with Crippen LogP contribution < -0.4 is 5.32 Å². The van der Waals surface area contributed by atoms with E-state index in [-0.39, 0.29) is 5.91 Å². The van der Waals surface area contributed by atoms with E-state index in [4.69, 9.17) is 4.52 Å². The maximum atomic E-state index is 12.0. The molecule has 0 radical (unpaired) electrons. The van der Waals surface area contributed by atoms with Gasteiger partial charge in [0.25, 0.3) is 0 Å². The van der Waals surface area contributed by atoms with Gasteiger partial charge in [-0.25, -0.2) is 0 Å². The Bertz CT molecular complexity index is 686. The molecule has 1 amide bonds. The Morgan fingerprint density at radius 3 is 3.08 bits per heavy atom. The SMILES string of the molecule is CC(C)N1CCC(CNC(=O)CCc2nc(-c3cccnc3)no2)C1. The van der Waals surface area contributed by atoms with Crippen LogP contribution in [0.15, 0.2) is 29.0 Å². The van der Waals surface area contributed by atoms with Crippen molar-refractivity contribution in [1.82, 2.24) is 25.3 Å². The summed E-state index contributed by atoms with van der Waals surface area (Å²) in [5.74, 6) is 1.56. The molecule has 1 aliphatic rings. The summed E-state index contributed by atoms with van der Waals surface area (Å²) in [6.07, 6.45) is 5.33. The number of aryl methyl sites for hydroxylation is 1. The van der Waals surface area contributed by atoms with E-state index in [1.54, 1.807) is 12.4 Å². The summed E-state index contributed by atoms with van der Waals surface area (Å²) in [5.41, 5.74) is 0.804. The number of nitrogens with one attached hydrogen (secondary N) is 1. The quantitative estimate of drug-likeness (QED) is 0.827. The van der Waals surface area contributed by atoms with Crippen LogP contribution in [-0.4, -0.2) is 51.6 Å². The van der Waals surface area contributed by atoms with Crippen molar-refractivity contribution in [2.45, 2.75) is 39.2 Å². The number of hydrogen-bond donors (Lipinski definition) is 1. The molecular weight excluding hydrogens is 318 g/mol. The second-order valence-corrected chi connectivity index (χ2v) is 6.80. The number of hydrogen-bond acceptors (Lipinski definition) is 6. The summed E-state index contributed by atoms with van der Waals surface area (Å²) < 4.78 is 5.21. The lowest BCUT2D eigenvalue weighted by Gasteiger charge is -2.20. The first-order valence-corrected chi connectivity index (χ1v) is 8.85. The minimum atomic E-state index is 0.0316. The van der Waals surface area contributed by atoms with Crippen molar-refractivity contribution in [3.63, 3.8) is 0 Å². The van der Waals surface area contributed by atoms with Crippen LogP contribution in [0.2, 0.25) is 0 Å². The van der Waals surface area contributed by atoms with Crippen LogP contribution in [0.1, 0.15) is 32.6 Å². The molecule has 0 aliphatic carbocycles. The maximum Gasteiger partial charge on any atom is 0.227 e. The first kappa shape index (κ1) is 17.5. The minimum absolute atomic E-state index is 0.0316. The predicted molar refractivity (Wildman–Crippen MR) is 93.7 cm³/mol. The number of rotatable bonds is 7. The van der Waals surface area contributed by atoms with Gasteiger partial charge in [-0.3, -0.25) is 9.78 Å². The topological polar surface area (TPSA) is 84.2 Å². The molecule has 2 aromatic heterocycles. The van der Waals surface area contributed by atoms with Crippen LogP contribution in [0.4, 0.5) is 0 Å². The van der Waals surface area contributed by atoms with Crippen LogP contribution in [0.5, 0.6) is 0 Å². The van der Waals surface area contributed by atoms with E-state index in [1.165, 1.54) is 0 Å². The van der Waals surface area contributed by atoms with Crippen molar-refractivity contribution in [1.29, 1.82) is 0 Å². The van der Waals surface area contributed by atoms with Crippen LogP contribution in [0.3, 0.4) is 0 Å². The monoisotopic (exact) mass is 343 g/mol. The average Bonchev–Trinajstić information content (AvgIpc) is 3.28. The molecule has 1 N–H and O–H groups in total. The van der Waals surface area contributed by atoms with Gasteiger partial charge in [-0.2, -0.15) is 4.98 Å². The van der Waals surface area contributed by atoms with Gasteiger partial charge in [0.2, 0.25) is 17.6 Å². The molecular formula is C18H25N5O2. The lowest BCUT2D eigenvalue weighted by Crippen LogP contribution is -2.33. The fourth-order valence-electron chi connectivity index (χ4n) is 3.03. The van der Waals surface area contributed by atoms with Crippen molar-refractivity contribution < 1.29 is 9.32 Å². The molecule has 1 saturated heterocycles. The number of aromatic nitrogens is 3. The highest BCUT2D eigenvalue weighted by Gasteiger charge is 2.24. The van der Waals surface area contributed by atoms with E-state index in [2.05, 4.69) is 39.2 Å². The highest BCUT2D eigenvalue weighted by atomic mass is 16.5. The number of likely N-dealkylation sites (tertiary alicyclic amines) is 1. The summed E-state index contributed by atoms with van der Waals surface area (Å²) in [5, 5.41) is 6.96. The fourth-order valence-corrected chi connectivity index (χ4v) is 3.03. The molecule has 0 aromatic carbocycles. The zero-order valence-electron chi connectivity index (χ0n) is 14.8. The molecule has 134 valence electrons. The van der Waals surface area contributed by atoms with E-state index in [0.29, 0.717) is 36.5 Å². The van der Waals surface area contributed by atoms with Crippen molar-refractivity contribution in [2.75, 3.05) is 19.6 Å². The fraction of sp³-hybridized carbons (Fsp3) is 0.556. The normalized spacial score (nSPS) is 18.0. The Morgan fingerprint density at radius 1 is 1.48 bits per heavy atom. The van der Waals surface area contributed by atoms with Crippen LogP contribution in [0.25, 0.3) is 11.4 Å². The molecule has 0 spiro atoms. The van der Waals surface area contributed by atoms with E-state index >= 15 is 0 Å². The summed E-state index contributed by atoms with van der Waals surface area (Å²) in [6.45, 7) is 7.36. The zero-order chi connectivity index (χ0) is 17.6. The van der Waals surface area contributed by atoms with Gasteiger partial charge in [-0.15, -0.1) is 0 Å². The van der Waals surface area contributed by atoms with Crippen molar-refractivity contribution >= 4 is 5.91 Å². The highest BCUT2D eigenvalue weighted by molar-refractivity contribution is 5.76. The average molecular weight is 343 g/mol. The molecule has 1 unspecified atom stereocenters. The van der Waals surface area contributed by atoms with Crippen molar-refractivity contribution in [2.24, 2.45) is 5.92 Å². The largest absolute Gasteiger partial charge is 0.356 e. The molecule has 0 saturated carbocycles. The molecule has 1 aliphatic heterocycles. The summed E-state index contributed by atoms with van der Waals surface area (Å²) >= 11 is 0.